The van der Waals surface area contributed by atoms with Crippen LogP contribution in [0.1, 0.15) is 80.5 Å². The molecule has 4 saturated carbocycles. The lowest BCUT2D eigenvalue weighted by Crippen LogP contribution is -2.53. The molecule has 7 nitrogen and oxygen atoms in total. The molecule has 0 spiro atoms. The first-order valence-corrected chi connectivity index (χ1v) is 19.6. The fourth-order valence-electron chi connectivity index (χ4n) is 9.09. The van der Waals surface area contributed by atoms with Gasteiger partial charge in [-0.15, -0.1) is 0 Å². The van der Waals surface area contributed by atoms with E-state index in [0.717, 1.165) is 53.5 Å². The lowest BCUT2D eigenvalue weighted by atomic mass is 9.48. The molecule has 3 aromatic rings. The molecule has 0 aliphatic heterocycles. The summed E-state index contributed by atoms with van der Waals surface area (Å²) in [6, 6.07) is 24.7. The van der Waals surface area contributed by atoms with E-state index in [2.05, 4.69) is 24.4 Å². The summed E-state index contributed by atoms with van der Waals surface area (Å²) in [6.45, 7) is 4.36. The molecular weight excluding hydrogens is 619 g/mol. The molecule has 0 saturated heterocycles. The van der Waals surface area contributed by atoms with E-state index in [0.29, 0.717) is 18.7 Å². The number of benzene rings is 3. The number of carbonyl (C=O) groups excluding carboxylic acids is 2. The third-order valence-corrected chi connectivity index (χ3v) is 12.3. The maximum atomic E-state index is 14.5. The Balaban J connectivity index is 1.30. The number of rotatable bonds is 14. The number of nitrogens with zero attached hydrogens (tertiary/aromatic N) is 2. The van der Waals surface area contributed by atoms with E-state index in [-0.39, 0.29) is 17.9 Å². The predicted molar refractivity (Wildman–Crippen MR) is 192 cm³/mol. The van der Waals surface area contributed by atoms with E-state index < -0.39 is 28.5 Å². The van der Waals surface area contributed by atoms with Gasteiger partial charge in [-0.25, -0.2) is 8.42 Å². The van der Waals surface area contributed by atoms with Crippen LogP contribution < -0.4 is 9.62 Å². The highest BCUT2D eigenvalue weighted by Gasteiger charge is 2.51. The van der Waals surface area contributed by atoms with Crippen LogP contribution >= 0.6 is 0 Å². The lowest BCUT2D eigenvalue weighted by molar-refractivity contribution is -0.140. The molecule has 4 aliphatic rings. The summed E-state index contributed by atoms with van der Waals surface area (Å²) in [6.07, 6.45) is 11.0. The minimum Gasteiger partial charge on any atom is -0.354 e. The Morgan fingerprint density at radius 1 is 0.875 bits per heavy atom. The van der Waals surface area contributed by atoms with Gasteiger partial charge in [-0.2, -0.15) is 0 Å². The van der Waals surface area contributed by atoms with Gasteiger partial charge in [-0.3, -0.25) is 13.9 Å². The van der Waals surface area contributed by atoms with E-state index in [1.807, 2.05) is 73.7 Å². The highest BCUT2D eigenvalue weighted by Crippen LogP contribution is 2.60. The molecule has 0 unspecified atom stereocenters. The van der Waals surface area contributed by atoms with Gasteiger partial charge in [0.2, 0.25) is 21.8 Å². The molecule has 2 amide bonds. The summed E-state index contributed by atoms with van der Waals surface area (Å²) in [4.78, 5) is 29.9. The molecule has 4 bridgehead atoms. The van der Waals surface area contributed by atoms with Crippen LogP contribution in [0.2, 0.25) is 0 Å². The van der Waals surface area contributed by atoms with Crippen LogP contribution in [0, 0.1) is 24.7 Å². The van der Waals surface area contributed by atoms with Gasteiger partial charge in [0.05, 0.1) is 11.9 Å². The predicted octanol–water partition coefficient (Wildman–Crippen LogP) is 6.79. The normalized spacial score (nSPS) is 23.4. The maximum Gasteiger partial charge on any atom is 0.244 e. The van der Waals surface area contributed by atoms with Crippen molar-refractivity contribution in [2.75, 3.05) is 23.7 Å². The van der Waals surface area contributed by atoms with Gasteiger partial charge in [0.25, 0.3) is 0 Å². The number of carbonyl (C=O) groups is 2. The second kappa shape index (κ2) is 14.5. The monoisotopic (exact) mass is 669 g/mol. The Bertz CT molecular complexity index is 1650. The number of nitrogens with one attached hydrogen (secondary N) is 1. The van der Waals surface area contributed by atoms with E-state index in [1.165, 1.54) is 48.4 Å². The standard InChI is InChI=1S/C40H51N3O4S/c1-4-5-19-41-39(45)37(23-30-12-7-6-8-13-30)42(27-34-14-10-9-11-29(34)2)38(44)28-43(48(3,46)47)36-17-15-35(16-18-36)40-24-31-20-32(25-40)22-33(21-31)26-40/h6-18,31-33,37H,4-5,19-28H2,1-3H3,(H,41,45)/t31?,32?,33?,37-,40?/m0/s1. The van der Waals surface area contributed by atoms with E-state index in [9.17, 15) is 18.0 Å². The van der Waals surface area contributed by atoms with Crippen molar-refractivity contribution in [3.8, 4) is 0 Å². The lowest BCUT2D eigenvalue weighted by Gasteiger charge is -2.57. The third-order valence-electron chi connectivity index (χ3n) is 11.2. The summed E-state index contributed by atoms with van der Waals surface area (Å²) in [5, 5.41) is 3.05. The second-order valence-corrected chi connectivity index (χ2v) is 16.7. The molecule has 7 rings (SSSR count). The van der Waals surface area contributed by atoms with Gasteiger partial charge in [0.15, 0.2) is 0 Å². The number of anilines is 1. The van der Waals surface area contributed by atoms with Crippen molar-refractivity contribution >= 4 is 27.5 Å². The molecule has 48 heavy (non-hydrogen) atoms. The Kier molecular flexibility index (Phi) is 10.3. The van der Waals surface area contributed by atoms with Crippen molar-refractivity contribution in [1.29, 1.82) is 0 Å². The zero-order valence-electron chi connectivity index (χ0n) is 28.7. The Morgan fingerprint density at radius 2 is 1.48 bits per heavy atom. The summed E-state index contributed by atoms with van der Waals surface area (Å²) < 4.78 is 27.9. The van der Waals surface area contributed by atoms with Crippen molar-refractivity contribution in [1.82, 2.24) is 10.2 Å². The fourth-order valence-corrected chi connectivity index (χ4v) is 9.94. The SMILES string of the molecule is CCCCNC(=O)[C@H](Cc1ccccc1)N(Cc1ccccc1C)C(=O)CN(c1ccc(C23CC4CC(CC(C4)C2)C3)cc1)S(C)(=O)=O. The van der Waals surface area contributed by atoms with Gasteiger partial charge >= 0.3 is 0 Å². The van der Waals surface area contributed by atoms with E-state index in [1.54, 1.807) is 4.90 Å². The first kappa shape index (κ1) is 34.2. The Hall–Kier alpha value is -3.65. The second-order valence-electron chi connectivity index (χ2n) is 14.8. The van der Waals surface area contributed by atoms with Crippen LogP contribution in [-0.4, -0.2) is 50.5 Å². The zero-order chi connectivity index (χ0) is 33.9. The van der Waals surface area contributed by atoms with Crippen molar-refractivity contribution in [2.24, 2.45) is 17.8 Å². The third kappa shape index (κ3) is 7.64. The number of hydrogen-bond donors (Lipinski definition) is 1. The molecule has 3 aromatic carbocycles. The van der Waals surface area contributed by atoms with Crippen molar-refractivity contribution in [3.05, 3.63) is 101 Å². The zero-order valence-corrected chi connectivity index (χ0v) is 29.6. The van der Waals surface area contributed by atoms with Crippen molar-refractivity contribution in [3.63, 3.8) is 0 Å². The topological polar surface area (TPSA) is 86.8 Å². The van der Waals surface area contributed by atoms with Gasteiger partial charge in [-0.1, -0.05) is 80.1 Å². The molecule has 8 heteroatoms. The molecule has 1 atom stereocenters. The molecule has 1 N–H and O–H groups in total. The summed E-state index contributed by atoms with van der Waals surface area (Å²) in [5.41, 5.74) is 4.81. The van der Waals surface area contributed by atoms with Crippen LogP contribution in [0.3, 0.4) is 0 Å². The highest BCUT2D eigenvalue weighted by molar-refractivity contribution is 7.92. The summed E-state index contributed by atoms with van der Waals surface area (Å²) in [7, 11) is -3.82. The van der Waals surface area contributed by atoms with Crippen LogP contribution in [0.4, 0.5) is 5.69 Å². The quantitative estimate of drug-likeness (QED) is 0.192. The van der Waals surface area contributed by atoms with E-state index in [4.69, 9.17) is 0 Å². The molecule has 0 radical (unpaired) electrons. The number of unbranched alkanes of at least 4 members (excludes halogenated alkanes) is 1. The highest BCUT2D eigenvalue weighted by atomic mass is 32.2. The fraction of sp³-hybridized carbons (Fsp3) is 0.500. The van der Waals surface area contributed by atoms with Gasteiger partial charge < -0.3 is 10.2 Å². The Morgan fingerprint density at radius 3 is 2.06 bits per heavy atom. The van der Waals surface area contributed by atoms with Crippen LogP contribution in [0.15, 0.2) is 78.9 Å². The first-order valence-electron chi connectivity index (χ1n) is 17.8. The van der Waals surface area contributed by atoms with Crippen LogP contribution in [0.5, 0.6) is 0 Å². The average molecular weight is 670 g/mol. The summed E-state index contributed by atoms with van der Waals surface area (Å²) in [5.74, 6) is 1.77. The molecule has 4 fully saturated rings. The average Bonchev–Trinajstić information content (AvgIpc) is 3.05. The largest absolute Gasteiger partial charge is 0.354 e. The van der Waals surface area contributed by atoms with Crippen LogP contribution in [-0.2, 0) is 38.0 Å². The minimum absolute atomic E-state index is 0.187. The number of hydrogen-bond acceptors (Lipinski definition) is 4. The molecule has 0 heterocycles. The molecule has 4 aliphatic carbocycles. The molecule has 0 aromatic heterocycles. The molecular formula is C40H51N3O4S. The Labute approximate surface area is 287 Å². The van der Waals surface area contributed by atoms with E-state index >= 15 is 0 Å². The number of sulfonamides is 1. The van der Waals surface area contributed by atoms with Gasteiger partial charge in [-0.05, 0) is 109 Å². The van der Waals surface area contributed by atoms with Crippen molar-refractivity contribution < 1.29 is 18.0 Å². The first-order chi connectivity index (χ1) is 23.0. The van der Waals surface area contributed by atoms with Gasteiger partial charge in [0, 0.05) is 19.5 Å². The number of amides is 2. The van der Waals surface area contributed by atoms with Crippen LogP contribution in [0.25, 0.3) is 0 Å². The maximum absolute atomic E-state index is 14.5. The smallest absolute Gasteiger partial charge is 0.244 e. The van der Waals surface area contributed by atoms with Crippen molar-refractivity contribution in [2.45, 2.75) is 89.6 Å². The number of aryl methyl sites for hydroxylation is 1. The summed E-state index contributed by atoms with van der Waals surface area (Å²) >= 11 is 0. The minimum atomic E-state index is -3.82. The van der Waals surface area contributed by atoms with Gasteiger partial charge in [0.1, 0.15) is 12.6 Å². The molecule has 256 valence electrons.